The number of amides is 1. The smallest absolute Gasteiger partial charge is 0.224 e. The van der Waals surface area contributed by atoms with Crippen molar-refractivity contribution < 1.29 is 14.3 Å². The molecular weight excluding hydrogens is 292 g/mol. The van der Waals surface area contributed by atoms with Crippen LogP contribution >= 0.6 is 12.4 Å². The molecule has 0 saturated heterocycles. The van der Waals surface area contributed by atoms with Gasteiger partial charge in [0, 0.05) is 18.2 Å². The van der Waals surface area contributed by atoms with E-state index < -0.39 is 0 Å². The summed E-state index contributed by atoms with van der Waals surface area (Å²) in [6.45, 7) is 5.58. The van der Waals surface area contributed by atoms with Crippen LogP contribution < -0.4 is 20.1 Å². The maximum absolute atomic E-state index is 12.0. The van der Waals surface area contributed by atoms with Gasteiger partial charge in [0.2, 0.25) is 5.91 Å². The summed E-state index contributed by atoms with van der Waals surface area (Å²) >= 11 is 0. The van der Waals surface area contributed by atoms with Gasteiger partial charge in [-0.3, -0.25) is 4.79 Å². The standard InChI is InChI=1S/C15H24N2O3.ClH/c1-5-16-11(2)10-17-15(18)9-12-8-13(19-3)6-7-14(12)20-4;/h6-8,11,16H,5,9-10H2,1-4H3,(H,17,18);1H/t11-;/m1./s1. The molecule has 0 aliphatic heterocycles. The number of ether oxygens (including phenoxy) is 2. The molecular formula is C15H25ClN2O3. The molecule has 1 atom stereocenters. The first-order chi connectivity index (χ1) is 9.60. The highest BCUT2D eigenvalue weighted by molar-refractivity contribution is 5.85. The Morgan fingerprint density at radius 3 is 2.57 bits per heavy atom. The van der Waals surface area contributed by atoms with Crippen LogP contribution in [0.3, 0.4) is 0 Å². The number of hydrogen-bond donors (Lipinski definition) is 2. The third-order valence-electron chi connectivity index (χ3n) is 3.00. The van der Waals surface area contributed by atoms with E-state index in [-0.39, 0.29) is 30.8 Å². The Hall–Kier alpha value is -1.46. The third kappa shape index (κ3) is 6.69. The Morgan fingerprint density at radius 1 is 1.29 bits per heavy atom. The second kappa shape index (κ2) is 10.3. The van der Waals surface area contributed by atoms with Gasteiger partial charge in [-0.2, -0.15) is 0 Å². The minimum Gasteiger partial charge on any atom is -0.497 e. The molecule has 0 fully saturated rings. The van der Waals surface area contributed by atoms with E-state index in [1.165, 1.54) is 0 Å². The Kier molecular flexibility index (Phi) is 9.58. The van der Waals surface area contributed by atoms with Crippen LogP contribution in [0, 0.1) is 0 Å². The number of carbonyl (C=O) groups is 1. The van der Waals surface area contributed by atoms with Gasteiger partial charge >= 0.3 is 0 Å². The highest BCUT2D eigenvalue weighted by atomic mass is 35.5. The van der Waals surface area contributed by atoms with Crippen molar-refractivity contribution in [2.75, 3.05) is 27.3 Å². The first-order valence-electron chi connectivity index (χ1n) is 6.81. The van der Waals surface area contributed by atoms with Crippen molar-refractivity contribution in [1.29, 1.82) is 0 Å². The van der Waals surface area contributed by atoms with Crippen LogP contribution in [0.2, 0.25) is 0 Å². The lowest BCUT2D eigenvalue weighted by Gasteiger charge is -2.14. The zero-order valence-electron chi connectivity index (χ0n) is 13.1. The van der Waals surface area contributed by atoms with Crippen LogP contribution in [0.1, 0.15) is 19.4 Å². The predicted molar refractivity (Wildman–Crippen MR) is 86.6 cm³/mol. The summed E-state index contributed by atoms with van der Waals surface area (Å²) in [6.07, 6.45) is 0.277. The van der Waals surface area contributed by atoms with E-state index in [1.807, 2.05) is 32.0 Å². The molecule has 0 heterocycles. The summed E-state index contributed by atoms with van der Waals surface area (Å²) < 4.78 is 10.4. The first-order valence-corrected chi connectivity index (χ1v) is 6.81. The average Bonchev–Trinajstić information content (AvgIpc) is 2.45. The van der Waals surface area contributed by atoms with Crippen LogP contribution in [-0.4, -0.2) is 39.3 Å². The average molecular weight is 317 g/mol. The molecule has 5 nitrogen and oxygen atoms in total. The Labute approximate surface area is 132 Å². The van der Waals surface area contributed by atoms with Crippen molar-refractivity contribution in [3.8, 4) is 11.5 Å². The number of benzene rings is 1. The Bertz CT molecular complexity index is 441. The molecule has 120 valence electrons. The summed E-state index contributed by atoms with van der Waals surface area (Å²) in [5.41, 5.74) is 0.820. The van der Waals surface area contributed by atoms with Crippen molar-refractivity contribution in [3.63, 3.8) is 0 Å². The number of rotatable bonds is 8. The SMILES string of the molecule is CCN[C@H](C)CNC(=O)Cc1cc(OC)ccc1OC.Cl. The lowest BCUT2D eigenvalue weighted by Crippen LogP contribution is -2.39. The second-order valence-electron chi connectivity index (χ2n) is 4.62. The van der Waals surface area contributed by atoms with Crippen LogP contribution in [0.15, 0.2) is 18.2 Å². The van der Waals surface area contributed by atoms with Crippen LogP contribution in [0.4, 0.5) is 0 Å². The molecule has 0 aliphatic carbocycles. The number of likely N-dealkylation sites (N-methyl/N-ethyl adjacent to an activating group) is 1. The molecule has 21 heavy (non-hydrogen) atoms. The van der Waals surface area contributed by atoms with E-state index in [0.717, 1.165) is 17.9 Å². The summed E-state index contributed by atoms with van der Waals surface area (Å²) in [5, 5.41) is 6.15. The van der Waals surface area contributed by atoms with E-state index in [2.05, 4.69) is 10.6 Å². The fourth-order valence-corrected chi connectivity index (χ4v) is 1.94. The molecule has 1 aromatic carbocycles. The van der Waals surface area contributed by atoms with Gasteiger partial charge in [-0.15, -0.1) is 12.4 Å². The Morgan fingerprint density at radius 2 is 2.00 bits per heavy atom. The van der Waals surface area contributed by atoms with Crippen LogP contribution in [0.25, 0.3) is 0 Å². The molecule has 0 bridgehead atoms. The maximum Gasteiger partial charge on any atom is 0.224 e. The number of hydrogen-bond acceptors (Lipinski definition) is 4. The molecule has 0 saturated carbocycles. The largest absolute Gasteiger partial charge is 0.497 e. The van der Waals surface area contributed by atoms with Gasteiger partial charge in [-0.05, 0) is 31.7 Å². The molecule has 6 heteroatoms. The first kappa shape index (κ1) is 19.5. The van der Waals surface area contributed by atoms with Gasteiger partial charge in [0.05, 0.1) is 20.6 Å². The Balaban J connectivity index is 0.00000400. The lowest BCUT2D eigenvalue weighted by molar-refractivity contribution is -0.120. The molecule has 0 spiro atoms. The van der Waals surface area contributed by atoms with E-state index in [9.17, 15) is 4.79 Å². The minimum absolute atomic E-state index is 0. The molecule has 2 N–H and O–H groups in total. The molecule has 0 aliphatic rings. The molecule has 0 aromatic heterocycles. The van der Waals surface area contributed by atoms with Crippen molar-refractivity contribution in [3.05, 3.63) is 23.8 Å². The van der Waals surface area contributed by atoms with Crippen LogP contribution in [-0.2, 0) is 11.2 Å². The monoisotopic (exact) mass is 316 g/mol. The minimum atomic E-state index is -0.0266. The number of nitrogens with one attached hydrogen (secondary N) is 2. The number of carbonyl (C=O) groups excluding carboxylic acids is 1. The predicted octanol–water partition coefficient (Wildman–Crippen LogP) is 1.78. The normalized spacial score (nSPS) is 11.2. The van der Waals surface area contributed by atoms with Gasteiger partial charge in [-0.1, -0.05) is 6.92 Å². The van der Waals surface area contributed by atoms with E-state index >= 15 is 0 Å². The summed E-state index contributed by atoms with van der Waals surface area (Å²) in [6, 6.07) is 5.71. The molecule has 1 rings (SSSR count). The molecule has 1 amide bonds. The topological polar surface area (TPSA) is 59.6 Å². The van der Waals surface area contributed by atoms with Gasteiger partial charge in [-0.25, -0.2) is 0 Å². The van der Waals surface area contributed by atoms with Crippen molar-refractivity contribution >= 4 is 18.3 Å². The van der Waals surface area contributed by atoms with Gasteiger partial charge < -0.3 is 20.1 Å². The highest BCUT2D eigenvalue weighted by Gasteiger charge is 2.11. The molecule has 0 radical (unpaired) electrons. The van der Waals surface area contributed by atoms with Crippen molar-refractivity contribution in [2.45, 2.75) is 26.3 Å². The van der Waals surface area contributed by atoms with E-state index in [4.69, 9.17) is 9.47 Å². The van der Waals surface area contributed by atoms with Gasteiger partial charge in [0.1, 0.15) is 11.5 Å². The summed E-state index contributed by atoms with van der Waals surface area (Å²) in [7, 11) is 3.19. The zero-order chi connectivity index (χ0) is 15.0. The maximum atomic E-state index is 12.0. The van der Waals surface area contributed by atoms with Crippen LogP contribution in [0.5, 0.6) is 11.5 Å². The van der Waals surface area contributed by atoms with Crippen molar-refractivity contribution in [2.24, 2.45) is 0 Å². The summed E-state index contributed by atoms with van der Waals surface area (Å²) in [5.74, 6) is 1.39. The van der Waals surface area contributed by atoms with E-state index in [0.29, 0.717) is 12.3 Å². The molecule has 1 aromatic rings. The highest BCUT2D eigenvalue weighted by Crippen LogP contribution is 2.24. The zero-order valence-corrected chi connectivity index (χ0v) is 13.9. The van der Waals surface area contributed by atoms with Gasteiger partial charge in [0.25, 0.3) is 0 Å². The van der Waals surface area contributed by atoms with Gasteiger partial charge in [0.15, 0.2) is 0 Å². The number of methoxy groups -OCH3 is 2. The quantitative estimate of drug-likeness (QED) is 0.767. The van der Waals surface area contributed by atoms with Crippen molar-refractivity contribution in [1.82, 2.24) is 10.6 Å². The van der Waals surface area contributed by atoms with E-state index in [1.54, 1.807) is 14.2 Å². The third-order valence-corrected chi connectivity index (χ3v) is 3.00. The number of halogens is 1. The fourth-order valence-electron chi connectivity index (χ4n) is 1.94. The lowest BCUT2D eigenvalue weighted by atomic mass is 10.1. The molecule has 0 unspecified atom stereocenters. The summed E-state index contributed by atoms with van der Waals surface area (Å²) in [4.78, 5) is 12.0. The fraction of sp³-hybridized carbons (Fsp3) is 0.533. The second-order valence-corrected chi connectivity index (χ2v) is 4.62.